The van der Waals surface area contributed by atoms with Crippen LogP contribution >= 0.6 is 23.3 Å². The predicted molar refractivity (Wildman–Crippen MR) is 78.8 cm³/mol. The summed E-state index contributed by atoms with van der Waals surface area (Å²) in [6.07, 6.45) is 1.63. The van der Waals surface area contributed by atoms with E-state index in [0.717, 1.165) is 24.6 Å². The first-order chi connectivity index (χ1) is 10.1. The van der Waals surface area contributed by atoms with Crippen molar-refractivity contribution in [2.45, 2.75) is 18.9 Å². The lowest BCUT2D eigenvalue weighted by Gasteiger charge is -2.21. The molecule has 0 saturated heterocycles. The van der Waals surface area contributed by atoms with Crippen molar-refractivity contribution in [1.29, 1.82) is 0 Å². The Labute approximate surface area is 128 Å². The van der Waals surface area contributed by atoms with E-state index in [0.29, 0.717) is 21.7 Å². The Morgan fingerprint density at radius 3 is 2.86 bits per heavy atom. The maximum Gasteiger partial charge on any atom is 0.323 e. The Kier molecular flexibility index (Phi) is 3.64. The topological polar surface area (TPSA) is 95.4 Å². The van der Waals surface area contributed by atoms with Gasteiger partial charge in [-0.25, -0.2) is 4.79 Å². The van der Waals surface area contributed by atoms with E-state index in [1.807, 2.05) is 0 Å². The van der Waals surface area contributed by atoms with Crippen molar-refractivity contribution < 1.29 is 14.7 Å². The molecule has 1 aliphatic carbocycles. The number of hydrogen-bond acceptors (Lipinski definition) is 5. The van der Waals surface area contributed by atoms with E-state index in [-0.39, 0.29) is 12.6 Å². The second-order valence-electron chi connectivity index (χ2n) is 4.74. The number of hydrogen-bond donors (Lipinski definition) is 2. The first kappa shape index (κ1) is 14.0. The molecule has 110 valence electrons. The largest absolute Gasteiger partial charge is 0.480 e. The Bertz CT molecular complexity index is 716. The third kappa shape index (κ3) is 2.91. The number of fused-ring (bicyclic) bond motifs is 1. The number of carbonyl (C=O) groups is 2. The standard InChI is InChI=1S/C12H11ClN4O3S/c13-7-3-4-8-11(16-21-15-8)10(7)14-12(20)17(5-9(18)19)6-1-2-6/h3-4,6H,1-2,5H2,(H,14,20)(H,18,19). The number of anilines is 1. The van der Waals surface area contributed by atoms with Gasteiger partial charge in [0.05, 0.1) is 22.4 Å². The molecule has 2 aromatic rings. The van der Waals surface area contributed by atoms with Gasteiger partial charge in [0.2, 0.25) is 0 Å². The summed E-state index contributed by atoms with van der Waals surface area (Å²) in [5.74, 6) is -1.04. The van der Waals surface area contributed by atoms with Crippen LogP contribution in [0.15, 0.2) is 12.1 Å². The smallest absolute Gasteiger partial charge is 0.323 e. The lowest BCUT2D eigenvalue weighted by Crippen LogP contribution is -2.40. The summed E-state index contributed by atoms with van der Waals surface area (Å²) in [5.41, 5.74) is 1.51. The quantitative estimate of drug-likeness (QED) is 0.899. The minimum Gasteiger partial charge on any atom is -0.480 e. The highest BCUT2D eigenvalue weighted by Gasteiger charge is 2.34. The second-order valence-corrected chi connectivity index (χ2v) is 5.67. The van der Waals surface area contributed by atoms with Gasteiger partial charge >= 0.3 is 12.0 Å². The van der Waals surface area contributed by atoms with Crippen LogP contribution < -0.4 is 5.32 Å². The second kappa shape index (κ2) is 5.45. The van der Waals surface area contributed by atoms with Crippen molar-refractivity contribution in [1.82, 2.24) is 13.6 Å². The van der Waals surface area contributed by atoms with E-state index < -0.39 is 12.0 Å². The fourth-order valence-electron chi connectivity index (χ4n) is 2.02. The van der Waals surface area contributed by atoms with E-state index in [1.165, 1.54) is 4.90 Å². The van der Waals surface area contributed by atoms with Gasteiger partial charge in [-0.3, -0.25) is 4.79 Å². The fourth-order valence-corrected chi connectivity index (χ4v) is 2.77. The van der Waals surface area contributed by atoms with Crippen LogP contribution in [0, 0.1) is 0 Å². The number of urea groups is 1. The van der Waals surface area contributed by atoms with Crippen LogP contribution in [0.4, 0.5) is 10.5 Å². The van der Waals surface area contributed by atoms with Crippen LogP contribution in [0.2, 0.25) is 5.02 Å². The molecule has 21 heavy (non-hydrogen) atoms. The molecule has 0 aliphatic heterocycles. The lowest BCUT2D eigenvalue weighted by molar-refractivity contribution is -0.137. The van der Waals surface area contributed by atoms with E-state index >= 15 is 0 Å². The van der Waals surface area contributed by atoms with E-state index in [2.05, 4.69) is 14.1 Å². The van der Waals surface area contributed by atoms with Gasteiger partial charge in [0.25, 0.3) is 0 Å². The molecule has 1 aromatic heterocycles. The van der Waals surface area contributed by atoms with E-state index in [4.69, 9.17) is 16.7 Å². The number of amides is 2. The molecule has 9 heteroatoms. The van der Waals surface area contributed by atoms with Crippen LogP contribution in [0.1, 0.15) is 12.8 Å². The van der Waals surface area contributed by atoms with Gasteiger partial charge in [0.1, 0.15) is 17.6 Å². The van der Waals surface area contributed by atoms with Crippen molar-refractivity contribution in [3.8, 4) is 0 Å². The molecule has 3 rings (SSSR count). The molecular formula is C12H11ClN4O3S. The van der Waals surface area contributed by atoms with Crippen LogP contribution in [0.3, 0.4) is 0 Å². The zero-order chi connectivity index (χ0) is 15.0. The third-order valence-corrected chi connectivity index (χ3v) is 4.02. The molecular weight excluding hydrogens is 316 g/mol. The summed E-state index contributed by atoms with van der Waals surface area (Å²) in [6.45, 7) is -0.334. The Balaban J connectivity index is 1.86. The molecule has 2 amide bonds. The van der Waals surface area contributed by atoms with Crippen LogP contribution in [0.25, 0.3) is 11.0 Å². The first-order valence-corrected chi connectivity index (χ1v) is 7.37. The minimum atomic E-state index is -1.04. The maximum atomic E-state index is 12.3. The number of carboxylic acids is 1. The highest BCUT2D eigenvalue weighted by molar-refractivity contribution is 7.00. The number of aromatic nitrogens is 2. The normalized spacial score (nSPS) is 14.1. The molecule has 2 N–H and O–H groups in total. The summed E-state index contributed by atoms with van der Waals surface area (Å²) in [5, 5.41) is 11.9. The summed E-state index contributed by atoms with van der Waals surface area (Å²) in [4.78, 5) is 24.5. The summed E-state index contributed by atoms with van der Waals surface area (Å²) < 4.78 is 8.19. The van der Waals surface area contributed by atoms with Crippen LogP contribution in [0.5, 0.6) is 0 Å². The zero-order valence-corrected chi connectivity index (χ0v) is 12.3. The number of halogens is 1. The van der Waals surface area contributed by atoms with Crippen LogP contribution in [-0.4, -0.2) is 43.3 Å². The van der Waals surface area contributed by atoms with Gasteiger partial charge in [0, 0.05) is 6.04 Å². The number of carbonyl (C=O) groups excluding carboxylic acids is 1. The number of aliphatic carboxylic acids is 1. The van der Waals surface area contributed by atoms with Crippen molar-refractivity contribution >= 4 is 52.1 Å². The number of nitrogens with one attached hydrogen (secondary N) is 1. The molecule has 1 aliphatic rings. The highest BCUT2D eigenvalue weighted by atomic mass is 35.5. The summed E-state index contributed by atoms with van der Waals surface area (Å²) in [7, 11) is 0. The maximum absolute atomic E-state index is 12.3. The molecule has 7 nitrogen and oxygen atoms in total. The molecule has 0 unspecified atom stereocenters. The number of nitrogens with zero attached hydrogens (tertiary/aromatic N) is 3. The van der Waals surface area contributed by atoms with Gasteiger partial charge in [-0.05, 0) is 25.0 Å². The third-order valence-electron chi connectivity index (χ3n) is 3.16. The molecule has 1 saturated carbocycles. The van der Waals surface area contributed by atoms with Crippen molar-refractivity contribution in [3.63, 3.8) is 0 Å². The van der Waals surface area contributed by atoms with Crippen molar-refractivity contribution in [3.05, 3.63) is 17.2 Å². The fraction of sp³-hybridized carbons (Fsp3) is 0.333. The highest BCUT2D eigenvalue weighted by Crippen LogP contribution is 2.32. The van der Waals surface area contributed by atoms with Gasteiger partial charge in [0.15, 0.2) is 0 Å². The predicted octanol–water partition coefficient (Wildman–Crippen LogP) is 2.43. The number of carboxylic acid groups (broad SMARTS) is 1. The number of rotatable bonds is 4. The van der Waals surface area contributed by atoms with E-state index in [9.17, 15) is 9.59 Å². The number of benzene rings is 1. The molecule has 0 bridgehead atoms. The molecule has 0 radical (unpaired) electrons. The Hall–Kier alpha value is -1.93. The van der Waals surface area contributed by atoms with Crippen molar-refractivity contribution in [2.75, 3.05) is 11.9 Å². The molecule has 0 spiro atoms. The summed E-state index contributed by atoms with van der Waals surface area (Å²) in [6, 6.07) is 2.83. The Morgan fingerprint density at radius 1 is 1.43 bits per heavy atom. The molecule has 0 atom stereocenters. The van der Waals surface area contributed by atoms with Crippen LogP contribution in [-0.2, 0) is 4.79 Å². The average Bonchev–Trinajstić information content (AvgIpc) is 3.16. The zero-order valence-electron chi connectivity index (χ0n) is 10.7. The lowest BCUT2D eigenvalue weighted by atomic mass is 10.2. The van der Waals surface area contributed by atoms with Gasteiger partial charge in [-0.15, -0.1) is 0 Å². The molecule has 1 aromatic carbocycles. The average molecular weight is 327 g/mol. The molecule has 1 heterocycles. The Morgan fingerprint density at radius 2 is 2.19 bits per heavy atom. The van der Waals surface area contributed by atoms with Gasteiger partial charge < -0.3 is 15.3 Å². The van der Waals surface area contributed by atoms with Gasteiger partial charge in [-0.1, -0.05) is 11.6 Å². The monoisotopic (exact) mass is 326 g/mol. The van der Waals surface area contributed by atoms with E-state index in [1.54, 1.807) is 12.1 Å². The first-order valence-electron chi connectivity index (χ1n) is 6.26. The summed E-state index contributed by atoms with van der Waals surface area (Å²) >= 11 is 7.12. The SMILES string of the molecule is O=C(O)CN(C(=O)Nc1c(Cl)ccc2nsnc12)C1CC1. The van der Waals surface area contributed by atoms with Gasteiger partial charge in [-0.2, -0.15) is 8.75 Å². The molecule has 1 fully saturated rings. The van der Waals surface area contributed by atoms with Crippen molar-refractivity contribution in [2.24, 2.45) is 0 Å². The minimum absolute atomic E-state index is 0.0207.